The minimum absolute atomic E-state index is 0.0602. The van der Waals surface area contributed by atoms with Crippen LogP contribution in [0, 0.1) is 15.9 Å². The molecule has 0 aliphatic rings. The molecule has 0 saturated heterocycles. The molecule has 0 bridgehead atoms. The minimum Gasteiger partial charge on any atom is -0.351 e. The topological polar surface area (TPSA) is 61.6 Å². The van der Waals surface area contributed by atoms with E-state index < -0.39 is 17.0 Å². The first-order valence-electron chi connectivity index (χ1n) is 4.09. The molecule has 15 heavy (non-hydrogen) atoms. The molecule has 0 N–H and O–H groups in total. The molecule has 1 rings (SSSR count). The normalized spacial score (nSPS) is 10.7. The molecule has 82 valence electrons. The molecule has 0 aromatic heterocycles. The van der Waals surface area contributed by atoms with Crippen molar-refractivity contribution in [3.63, 3.8) is 0 Å². The van der Waals surface area contributed by atoms with E-state index in [9.17, 15) is 14.5 Å². The van der Waals surface area contributed by atoms with Crippen LogP contribution in [0.4, 0.5) is 10.1 Å². The molecule has 5 nitrogen and oxygen atoms in total. The number of ether oxygens (including phenoxy) is 2. The molecule has 0 amide bonds. The summed E-state index contributed by atoms with van der Waals surface area (Å²) in [6.07, 6.45) is -0.943. The second-order valence-electron chi connectivity index (χ2n) is 2.76. The molecule has 0 radical (unpaired) electrons. The molecule has 0 spiro atoms. The van der Waals surface area contributed by atoms with Gasteiger partial charge in [-0.3, -0.25) is 10.1 Å². The first kappa shape index (κ1) is 11.5. The zero-order chi connectivity index (χ0) is 11.4. The summed E-state index contributed by atoms with van der Waals surface area (Å²) in [6, 6.07) is 3.12. The maximum atomic E-state index is 12.9. The number of rotatable bonds is 4. The summed E-state index contributed by atoms with van der Waals surface area (Å²) < 4.78 is 22.6. The maximum absolute atomic E-state index is 12.9. The average molecular weight is 215 g/mol. The van der Waals surface area contributed by atoms with Gasteiger partial charge in [-0.25, -0.2) is 4.39 Å². The van der Waals surface area contributed by atoms with E-state index in [1.54, 1.807) is 0 Å². The van der Waals surface area contributed by atoms with E-state index in [1.165, 1.54) is 14.2 Å². The van der Waals surface area contributed by atoms with Gasteiger partial charge in [-0.15, -0.1) is 0 Å². The van der Waals surface area contributed by atoms with Crippen molar-refractivity contribution in [2.24, 2.45) is 0 Å². The molecule has 0 saturated carbocycles. The van der Waals surface area contributed by atoms with E-state index in [4.69, 9.17) is 9.47 Å². The maximum Gasteiger partial charge on any atom is 0.277 e. The molecule has 1 aromatic rings. The SMILES string of the molecule is COC(OC)c1cc(F)ccc1[N+](=O)[O-]. The largest absolute Gasteiger partial charge is 0.351 e. The van der Waals surface area contributed by atoms with Crippen LogP contribution in [0.3, 0.4) is 0 Å². The third-order valence-corrected chi connectivity index (χ3v) is 1.87. The van der Waals surface area contributed by atoms with E-state index in [0.717, 1.165) is 18.2 Å². The Labute approximate surface area is 85.6 Å². The Hall–Kier alpha value is -1.53. The summed E-state index contributed by atoms with van der Waals surface area (Å²) in [5.74, 6) is -0.574. The smallest absolute Gasteiger partial charge is 0.277 e. The molecule has 0 aliphatic carbocycles. The molecule has 0 heterocycles. The van der Waals surface area contributed by atoms with Gasteiger partial charge in [0.15, 0.2) is 6.29 Å². The molecule has 0 fully saturated rings. The standard InChI is InChI=1S/C9H10FNO4/c1-14-9(15-2)7-5-6(10)3-4-8(7)11(12)13/h3-5,9H,1-2H3. The fourth-order valence-electron chi connectivity index (χ4n) is 1.23. The highest BCUT2D eigenvalue weighted by Gasteiger charge is 2.22. The quantitative estimate of drug-likeness (QED) is 0.438. The van der Waals surface area contributed by atoms with Crippen LogP contribution in [0.25, 0.3) is 0 Å². The zero-order valence-corrected chi connectivity index (χ0v) is 8.27. The van der Waals surface area contributed by atoms with Crippen molar-refractivity contribution < 1.29 is 18.8 Å². The number of hydrogen-bond donors (Lipinski definition) is 0. The predicted octanol–water partition coefficient (Wildman–Crippen LogP) is 2.03. The fraction of sp³-hybridized carbons (Fsp3) is 0.333. The van der Waals surface area contributed by atoms with Gasteiger partial charge < -0.3 is 9.47 Å². The second-order valence-corrected chi connectivity index (χ2v) is 2.76. The lowest BCUT2D eigenvalue weighted by molar-refractivity contribution is -0.387. The van der Waals surface area contributed by atoms with Crippen LogP contribution in [0.1, 0.15) is 11.9 Å². The van der Waals surface area contributed by atoms with Crippen molar-refractivity contribution in [1.82, 2.24) is 0 Å². The van der Waals surface area contributed by atoms with Gasteiger partial charge in [0.25, 0.3) is 5.69 Å². The average Bonchev–Trinajstić information content (AvgIpc) is 2.19. The predicted molar refractivity (Wildman–Crippen MR) is 49.8 cm³/mol. The number of nitro benzene ring substituents is 1. The molecule has 0 unspecified atom stereocenters. The highest BCUT2D eigenvalue weighted by atomic mass is 19.1. The van der Waals surface area contributed by atoms with Crippen LogP contribution in [0.5, 0.6) is 0 Å². The molecular weight excluding hydrogens is 205 g/mol. The van der Waals surface area contributed by atoms with E-state index in [2.05, 4.69) is 0 Å². The number of methoxy groups -OCH3 is 2. The summed E-state index contributed by atoms with van der Waals surface area (Å²) in [4.78, 5) is 10.0. The Morgan fingerprint density at radius 1 is 1.40 bits per heavy atom. The Morgan fingerprint density at radius 3 is 2.47 bits per heavy atom. The third-order valence-electron chi connectivity index (χ3n) is 1.87. The second kappa shape index (κ2) is 4.81. The Balaban J connectivity index is 3.22. The lowest BCUT2D eigenvalue weighted by atomic mass is 10.1. The van der Waals surface area contributed by atoms with Crippen LogP contribution in [0.2, 0.25) is 0 Å². The van der Waals surface area contributed by atoms with Gasteiger partial charge in [0.2, 0.25) is 0 Å². The van der Waals surface area contributed by atoms with Gasteiger partial charge in [0.05, 0.1) is 10.5 Å². The van der Waals surface area contributed by atoms with Gasteiger partial charge >= 0.3 is 0 Å². The fourth-order valence-corrected chi connectivity index (χ4v) is 1.23. The molecular formula is C9H10FNO4. The van der Waals surface area contributed by atoms with Gasteiger partial charge in [0.1, 0.15) is 5.82 Å². The summed E-state index contributed by atoms with van der Waals surface area (Å²) >= 11 is 0. The molecule has 0 aliphatic heterocycles. The number of benzene rings is 1. The van der Waals surface area contributed by atoms with Crippen molar-refractivity contribution in [1.29, 1.82) is 0 Å². The van der Waals surface area contributed by atoms with Gasteiger partial charge in [0, 0.05) is 20.3 Å². The Bertz CT molecular complexity index is 365. The van der Waals surface area contributed by atoms with Gasteiger partial charge in [-0.1, -0.05) is 0 Å². The van der Waals surface area contributed by atoms with E-state index in [1.807, 2.05) is 0 Å². The summed E-state index contributed by atoms with van der Waals surface area (Å²) in [7, 11) is 2.64. The summed E-state index contributed by atoms with van der Waals surface area (Å²) in [6.45, 7) is 0. The van der Waals surface area contributed by atoms with Crippen LogP contribution < -0.4 is 0 Å². The summed E-state index contributed by atoms with van der Waals surface area (Å²) in [5, 5.41) is 10.6. The van der Waals surface area contributed by atoms with E-state index in [-0.39, 0.29) is 11.3 Å². The van der Waals surface area contributed by atoms with Crippen LogP contribution >= 0.6 is 0 Å². The van der Waals surface area contributed by atoms with Crippen LogP contribution in [-0.4, -0.2) is 19.1 Å². The monoisotopic (exact) mass is 215 g/mol. The zero-order valence-electron chi connectivity index (χ0n) is 8.27. The Kier molecular flexibility index (Phi) is 3.70. The number of nitro groups is 1. The number of halogens is 1. The minimum atomic E-state index is -0.943. The highest BCUT2D eigenvalue weighted by molar-refractivity contribution is 5.41. The number of nitrogens with zero attached hydrogens (tertiary/aromatic N) is 1. The highest BCUT2D eigenvalue weighted by Crippen LogP contribution is 2.28. The summed E-state index contributed by atoms with van der Waals surface area (Å²) in [5.41, 5.74) is -0.171. The van der Waals surface area contributed by atoms with E-state index in [0.29, 0.717) is 0 Å². The first-order chi connectivity index (χ1) is 7.10. The van der Waals surface area contributed by atoms with Crippen molar-refractivity contribution in [2.75, 3.05) is 14.2 Å². The third kappa shape index (κ3) is 2.48. The Morgan fingerprint density at radius 2 is 2.00 bits per heavy atom. The van der Waals surface area contributed by atoms with Crippen LogP contribution in [-0.2, 0) is 9.47 Å². The number of hydrogen-bond acceptors (Lipinski definition) is 4. The van der Waals surface area contributed by atoms with Gasteiger partial charge in [-0.05, 0) is 12.1 Å². The van der Waals surface area contributed by atoms with Crippen LogP contribution in [0.15, 0.2) is 18.2 Å². The lowest BCUT2D eigenvalue weighted by Crippen LogP contribution is -2.07. The molecule has 6 heteroatoms. The van der Waals surface area contributed by atoms with Crippen molar-refractivity contribution in [2.45, 2.75) is 6.29 Å². The molecule has 1 aromatic carbocycles. The van der Waals surface area contributed by atoms with E-state index >= 15 is 0 Å². The molecule has 0 atom stereocenters. The van der Waals surface area contributed by atoms with Crippen molar-refractivity contribution in [3.8, 4) is 0 Å². The lowest BCUT2D eigenvalue weighted by Gasteiger charge is -2.13. The first-order valence-corrected chi connectivity index (χ1v) is 4.09. The van der Waals surface area contributed by atoms with Crippen molar-refractivity contribution in [3.05, 3.63) is 39.7 Å². The van der Waals surface area contributed by atoms with Crippen molar-refractivity contribution >= 4 is 5.69 Å². The van der Waals surface area contributed by atoms with Gasteiger partial charge in [-0.2, -0.15) is 0 Å².